The zero-order valence-electron chi connectivity index (χ0n) is 21.0. The summed E-state index contributed by atoms with van der Waals surface area (Å²) in [6, 6.07) is 14.6. The number of amides is 2. The molecule has 2 aromatic carbocycles. The Morgan fingerprint density at radius 2 is 1.35 bits per heavy atom. The van der Waals surface area contributed by atoms with Crippen LogP contribution in [-0.4, -0.2) is 66.2 Å². The Morgan fingerprint density at radius 3 is 1.85 bits per heavy atom. The molecule has 0 saturated heterocycles. The molecule has 2 atom stereocenters. The largest absolute Gasteiger partial charge is 0.458 e. The van der Waals surface area contributed by atoms with Crippen molar-refractivity contribution in [3.8, 4) is 11.1 Å². The lowest BCUT2D eigenvalue weighted by molar-refractivity contribution is -0.163. The predicted molar refractivity (Wildman–Crippen MR) is 130 cm³/mol. The summed E-state index contributed by atoms with van der Waals surface area (Å²) in [6.07, 6.45) is -0.596. The normalized spacial score (nSPS) is 14.4. The number of hydrogen-bond acceptors (Lipinski definition) is 5. The number of fused-ring (bicyclic) bond motifs is 3. The third-order valence-corrected chi connectivity index (χ3v) is 6.24. The molecule has 0 unspecified atom stereocenters. The van der Waals surface area contributed by atoms with Crippen LogP contribution in [0.4, 0.5) is 4.79 Å². The Morgan fingerprint density at radius 1 is 0.853 bits per heavy atom. The number of esters is 1. The van der Waals surface area contributed by atoms with E-state index in [1.165, 1.54) is 23.9 Å². The monoisotopic (exact) mass is 466 g/mol. The fourth-order valence-corrected chi connectivity index (χ4v) is 4.05. The molecule has 1 aliphatic carbocycles. The van der Waals surface area contributed by atoms with Crippen molar-refractivity contribution in [3.63, 3.8) is 0 Å². The Kier molecular flexibility index (Phi) is 7.34. The minimum atomic E-state index is -0.814. The predicted octanol–water partition coefficient (Wildman–Crippen LogP) is 4.44. The van der Waals surface area contributed by atoms with Crippen LogP contribution in [0.3, 0.4) is 0 Å². The maximum absolute atomic E-state index is 13.0. The molecule has 182 valence electrons. The van der Waals surface area contributed by atoms with Gasteiger partial charge < -0.3 is 14.4 Å². The molecule has 7 nitrogen and oxygen atoms in total. The molecular formula is C27H34N2O5. The van der Waals surface area contributed by atoms with Crippen molar-refractivity contribution in [2.45, 2.75) is 58.2 Å². The summed E-state index contributed by atoms with van der Waals surface area (Å²) in [6.45, 7) is 8.70. The third-order valence-electron chi connectivity index (χ3n) is 6.24. The number of carbonyl (C=O) groups is 3. The van der Waals surface area contributed by atoms with Gasteiger partial charge in [0.2, 0.25) is 5.91 Å². The van der Waals surface area contributed by atoms with Gasteiger partial charge in [0.15, 0.2) is 0 Å². The number of likely N-dealkylation sites (N-methyl/N-ethyl adjacent to an activating group) is 2. The number of carbonyl (C=O) groups excluding carboxylic acids is 3. The summed E-state index contributed by atoms with van der Waals surface area (Å²) in [5, 5.41) is 0. The molecule has 1 aliphatic rings. The van der Waals surface area contributed by atoms with Gasteiger partial charge in [0.25, 0.3) is 0 Å². The van der Waals surface area contributed by atoms with E-state index in [2.05, 4.69) is 24.3 Å². The molecule has 0 aromatic heterocycles. The first-order valence-electron chi connectivity index (χ1n) is 11.5. The third kappa shape index (κ3) is 5.24. The molecule has 0 aliphatic heterocycles. The van der Waals surface area contributed by atoms with Crippen LogP contribution < -0.4 is 0 Å². The number of nitrogens with zero attached hydrogens (tertiary/aromatic N) is 2. The second kappa shape index (κ2) is 9.87. The SMILES string of the molecule is C[C@@H](C(=O)N(C)[C@@H](C)C(=O)OC(C)(C)C)N(C)C(=O)OCC1c2ccccc2-c2ccccc21. The zero-order valence-corrected chi connectivity index (χ0v) is 21.0. The summed E-state index contributed by atoms with van der Waals surface area (Å²) in [4.78, 5) is 40.7. The molecule has 0 bridgehead atoms. The second-order valence-electron chi connectivity index (χ2n) is 9.75. The summed E-state index contributed by atoms with van der Waals surface area (Å²) >= 11 is 0. The maximum atomic E-state index is 13.0. The molecule has 0 saturated carbocycles. The summed E-state index contributed by atoms with van der Waals surface area (Å²) in [5.41, 5.74) is 3.88. The van der Waals surface area contributed by atoms with Crippen molar-refractivity contribution >= 4 is 18.0 Å². The molecule has 0 fully saturated rings. The summed E-state index contributed by atoms with van der Waals surface area (Å²) in [5.74, 6) is -0.945. The highest BCUT2D eigenvalue weighted by Gasteiger charge is 2.34. The lowest BCUT2D eigenvalue weighted by Crippen LogP contribution is -2.51. The van der Waals surface area contributed by atoms with Crippen molar-refractivity contribution < 1.29 is 23.9 Å². The molecule has 2 amide bonds. The highest BCUT2D eigenvalue weighted by Crippen LogP contribution is 2.44. The highest BCUT2D eigenvalue weighted by atomic mass is 16.6. The molecule has 34 heavy (non-hydrogen) atoms. The fourth-order valence-electron chi connectivity index (χ4n) is 4.05. The number of rotatable bonds is 6. The van der Waals surface area contributed by atoms with Crippen LogP contribution in [-0.2, 0) is 19.1 Å². The van der Waals surface area contributed by atoms with Crippen molar-refractivity contribution in [2.24, 2.45) is 0 Å². The first kappa shape index (κ1) is 25.3. The van der Waals surface area contributed by atoms with Gasteiger partial charge in [-0.1, -0.05) is 48.5 Å². The average Bonchev–Trinajstić information content (AvgIpc) is 3.12. The van der Waals surface area contributed by atoms with Crippen LogP contribution in [0.25, 0.3) is 11.1 Å². The Balaban J connectivity index is 1.63. The molecule has 0 heterocycles. The zero-order chi connectivity index (χ0) is 25.2. The second-order valence-corrected chi connectivity index (χ2v) is 9.75. The van der Waals surface area contributed by atoms with E-state index in [0.717, 1.165) is 22.3 Å². The standard InChI is InChI=1S/C27H34N2O5/c1-17(24(30)28(6)18(2)25(31)34-27(3,4)5)29(7)26(32)33-16-23-21-14-10-8-12-19(21)20-13-9-11-15-22(20)23/h8-15,17-18,23H,16H2,1-7H3/t17-,18-/m0/s1. The van der Waals surface area contributed by atoms with Gasteiger partial charge in [-0.3, -0.25) is 9.69 Å². The van der Waals surface area contributed by atoms with E-state index in [-0.39, 0.29) is 18.4 Å². The maximum Gasteiger partial charge on any atom is 0.410 e. The van der Waals surface area contributed by atoms with Crippen molar-refractivity contribution in [1.82, 2.24) is 9.80 Å². The van der Waals surface area contributed by atoms with Gasteiger partial charge >= 0.3 is 12.1 Å². The van der Waals surface area contributed by atoms with Crippen LogP contribution >= 0.6 is 0 Å². The van der Waals surface area contributed by atoms with Crippen molar-refractivity contribution in [1.29, 1.82) is 0 Å². The van der Waals surface area contributed by atoms with Gasteiger partial charge in [-0.25, -0.2) is 9.59 Å². The van der Waals surface area contributed by atoms with Gasteiger partial charge in [0.05, 0.1) is 0 Å². The lowest BCUT2D eigenvalue weighted by Gasteiger charge is -2.32. The topological polar surface area (TPSA) is 76.2 Å². The molecule has 3 rings (SSSR count). The molecular weight excluding hydrogens is 432 g/mol. The smallest absolute Gasteiger partial charge is 0.410 e. The minimum Gasteiger partial charge on any atom is -0.458 e. The van der Waals surface area contributed by atoms with E-state index in [9.17, 15) is 14.4 Å². The Labute approximate surface area is 201 Å². The summed E-state index contributed by atoms with van der Waals surface area (Å²) in [7, 11) is 3.05. The highest BCUT2D eigenvalue weighted by molar-refractivity contribution is 5.89. The lowest BCUT2D eigenvalue weighted by atomic mass is 9.98. The quantitative estimate of drug-likeness (QED) is 0.588. The van der Waals surface area contributed by atoms with Gasteiger partial charge in [-0.05, 0) is 56.9 Å². The van der Waals surface area contributed by atoms with E-state index >= 15 is 0 Å². The van der Waals surface area contributed by atoms with Gasteiger partial charge in [-0.2, -0.15) is 0 Å². The number of ether oxygens (including phenoxy) is 2. The van der Waals surface area contributed by atoms with Gasteiger partial charge in [-0.15, -0.1) is 0 Å². The van der Waals surface area contributed by atoms with E-state index in [1.807, 2.05) is 24.3 Å². The van der Waals surface area contributed by atoms with Gasteiger partial charge in [0, 0.05) is 20.0 Å². The first-order chi connectivity index (χ1) is 15.9. The number of benzene rings is 2. The van der Waals surface area contributed by atoms with Crippen LogP contribution in [0.1, 0.15) is 51.7 Å². The van der Waals surface area contributed by atoms with E-state index in [1.54, 1.807) is 34.6 Å². The van der Waals surface area contributed by atoms with Crippen molar-refractivity contribution in [2.75, 3.05) is 20.7 Å². The van der Waals surface area contributed by atoms with Crippen LogP contribution in [0.2, 0.25) is 0 Å². The fraction of sp³-hybridized carbons (Fsp3) is 0.444. The van der Waals surface area contributed by atoms with E-state index in [0.29, 0.717) is 0 Å². The Hall–Kier alpha value is -3.35. The average molecular weight is 467 g/mol. The van der Waals surface area contributed by atoms with Gasteiger partial charge in [0.1, 0.15) is 24.3 Å². The Bertz CT molecular complexity index is 1030. The van der Waals surface area contributed by atoms with Crippen molar-refractivity contribution in [3.05, 3.63) is 59.7 Å². The molecule has 0 spiro atoms. The minimum absolute atomic E-state index is 0.0642. The van der Waals surface area contributed by atoms with Crippen LogP contribution in [0.5, 0.6) is 0 Å². The van der Waals surface area contributed by atoms with E-state index in [4.69, 9.17) is 9.47 Å². The van der Waals surface area contributed by atoms with Crippen LogP contribution in [0.15, 0.2) is 48.5 Å². The molecule has 2 aromatic rings. The molecule has 0 N–H and O–H groups in total. The van der Waals surface area contributed by atoms with Crippen LogP contribution in [0, 0.1) is 0 Å². The van der Waals surface area contributed by atoms with E-state index < -0.39 is 29.7 Å². The summed E-state index contributed by atoms with van der Waals surface area (Å²) < 4.78 is 11.0. The number of hydrogen-bond donors (Lipinski definition) is 0. The molecule has 7 heteroatoms. The molecule has 0 radical (unpaired) electrons. The first-order valence-corrected chi connectivity index (χ1v) is 11.5.